The smallest absolute Gasteiger partial charge is 0.354 e. The molecule has 0 aliphatic carbocycles. The number of hydrogen-bond acceptors (Lipinski definition) is 5. The lowest BCUT2D eigenvalue weighted by molar-refractivity contribution is 0.0690. The number of carboxylic acid groups (broad SMARTS) is 1. The van der Waals surface area contributed by atoms with Crippen LogP contribution in [0, 0.1) is 0 Å². The van der Waals surface area contributed by atoms with E-state index in [1.165, 1.54) is 18.2 Å². The molecule has 1 atom stereocenters. The Bertz CT molecular complexity index is 806. The predicted octanol–water partition coefficient (Wildman–Crippen LogP) is 2.43. The maximum Gasteiger partial charge on any atom is 0.354 e. The second-order valence-electron chi connectivity index (χ2n) is 5.55. The van der Waals surface area contributed by atoms with Crippen LogP contribution in [0.1, 0.15) is 45.9 Å². The molecule has 0 bridgehead atoms. The Morgan fingerprint density at radius 3 is 2.60 bits per heavy atom. The van der Waals surface area contributed by atoms with Crippen LogP contribution in [0.25, 0.3) is 0 Å². The normalized spacial score (nSPS) is 13.8. The zero-order valence-electron chi connectivity index (χ0n) is 13.7. The summed E-state index contributed by atoms with van der Waals surface area (Å²) >= 11 is 0. The Labute approximate surface area is 144 Å². The topological polar surface area (TPSA) is 97.8 Å². The van der Waals surface area contributed by atoms with Gasteiger partial charge in [-0.25, -0.2) is 9.78 Å². The molecule has 130 valence electrons. The zero-order valence-corrected chi connectivity index (χ0v) is 13.7. The van der Waals surface area contributed by atoms with Crippen LogP contribution in [0.5, 0.6) is 11.5 Å². The highest BCUT2D eigenvalue weighted by atomic mass is 16.6. The summed E-state index contributed by atoms with van der Waals surface area (Å²) < 4.78 is 11.1. The van der Waals surface area contributed by atoms with Gasteiger partial charge >= 0.3 is 5.97 Å². The Kier molecular flexibility index (Phi) is 4.83. The van der Waals surface area contributed by atoms with Crippen molar-refractivity contribution in [2.75, 3.05) is 13.2 Å². The first-order chi connectivity index (χ1) is 12.1. The number of aromatic nitrogens is 1. The van der Waals surface area contributed by atoms with Gasteiger partial charge in [0.25, 0.3) is 5.91 Å². The average Bonchev–Trinajstić information content (AvgIpc) is 2.65. The molecular weight excluding hydrogens is 324 g/mol. The third kappa shape index (κ3) is 3.71. The van der Waals surface area contributed by atoms with Gasteiger partial charge in [0.2, 0.25) is 0 Å². The van der Waals surface area contributed by atoms with Gasteiger partial charge in [-0.3, -0.25) is 4.79 Å². The van der Waals surface area contributed by atoms with E-state index in [4.69, 9.17) is 14.6 Å². The van der Waals surface area contributed by atoms with E-state index in [2.05, 4.69) is 10.3 Å². The van der Waals surface area contributed by atoms with Crippen molar-refractivity contribution in [3.05, 3.63) is 53.3 Å². The fourth-order valence-corrected chi connectivity index (χ4v) is 2.61. The molecule has 2 aromatic rings. The fourth-order valence-electron chi connectivity index (χ4n) is 2.61. The molecule has 2 N–H and O–H groups in total. The van der Waals surface area contributed by atoms with Gasteiger partial charge in [0.05, 0.1) is 6.04 Å². The molecule has 0 unspecified atom stereocenters. The molecule has 0 radical (unpaired) electrons. The van der Waals surface area contributed by atoms with Gasteiger partial charge in [-0.05, 0) is 36.2 Å². The maximum absolute atomic E-state index is 12.4. The summed E-state index contributed by atoms with van der Waals surface area (Å²) in [6.07, 6.45) is 0.657. The molecule has 25 heavy (non-hydrogen) atoms. The van der Waals surface area contributed by atoms with E-state index in [0.29, 0.717) is 31.1 Å². The molecule has 1 aliphatic rings. The van der Waals surface area contributed by atoms with Gasteiger partial charge in [-0.15, -0.1) is 0 Å². The van der Waals surface area contributed by atoms with Gasteiger partial charge in [0.15, 0.2) is 11.5 Å². The SMILES string of the molecule is CC[C@H](NC(=O)c1cccc(C(=O)O)n1)c1ccc2c(c1)OCCO2. The number of hydrogen-bond donors (Lipinski definition) is 2. The number of nitrogens with zero attached hydrogens (tertiary/aromatic N) is 1. The minimum atomic E-state index is -1.17. The molecular formula is C18H18N2O5. The Morgan fingerprint density at radius 2 is 1.88 bits per heavy atom. The van der Waals surface area contributed by atoms with E-state index in [0.717, 1.165) is 5.56 Å². The van der Waals surface area contributed by atoms with Crippen LogP contribution >= 0.6 is 0 Å². The van der Waals surface area contributed by atoms with Crippen LogP contribution in [-0.4, -0.2) is 35.2 Å². The molecule has 1 aromatic carbocycles. The lowest BCUT2D eigenvalue weighted by Gasteiger charge is -2.22. The number of fused-ring (bicyclic) bond motifs is 1. The number of aromatic carboxylic acids is 1. The van der Waals surface area contributed by atoms with Crippen molar-refractivity contribution in [1.82, 2.24) is 10.3 Å². The van der Waals surface area contributed by atoms with Crippen LogP contribution in [0.3, 0.4) is 0 Å². The quantitative estimate of drug-likeness (QED) is 0.866. The van der Waals surface area contributed by atoms with Crippen LogP contribution in [0.15, 0.2) is 36.4 Å². The molecule has 1 amide bonds. The molecule has 7 heteroatoms. The molecule has 1 aliphatic heterocycles. The van der Waals surface area contributed by atoms with Crippen molar-refractivity contribution >= 4 is 11.9 Å². The summed E-state index contributed by atoms with van der Waals surface area (Å²) in [6, 6.07) is 9.62. The summed E-state index contributed by atoms with van der Waals surface area (Å²) in [5.41, 5.74) is 0.783. The first-order valence-electron chi connectivity index (χ1n) is 7.99. The van der Waals surface area contributed by atoms with Gasteiger partial charge < -0.3 is 19.9 Å². The number of benzene rings is 1. The third-order valence-electron chi connectivity index (χ3n) is 3.88. The molecule has 7 nitrogen and oxygen atoms in total. The summed E-state index contributed by atoms with van der Waals surface area (Å²) in [5, 5.41) is 11.9. The molecule has 0 saturated heterocycles. The summed E-state index contributed by atoms with van der Waals surface area (Å²) in [6.45, 7) is 2.96. The van der Waals surface area contributed by atoms with Crippen molar-refractivity contribution < 1.29 is 24.2 Å². The second-order valence-corrected chi connectivity index (χ2v) is 5.55. The van der Waals surface area contributed by atoms with Crippen LogP contribution in [0.2, 0.25) is 0 Å². The van der Waals surface area contributed by atoms with E-state index >= 15 is 0 Å². The first kappa shape index (κ1) is 16.8. The number of pyridine rings is 1. The van der Waals surface area contributed by atoms with Crippen molar-refractivity contribution in [3.63, 3.8) is 0 Å². The highest BCUT2D eigenvalue weighted by Crippen LogP contribution is 2.33. The lowest BCUT2D eigenvalue weighted by Crippen LogP contribution is -2.29. The van der Waals surface area contributed by atoms with E-state index in [1.807, 2.05) is 25.1 Å². The van der Waals surface area contributed by atoms with Crippen molar-refractivity contribution in [2.24, 2.45) is 0 Å². The fraction of sp³-hybridized carbons (Fsp3) is 0.278. The minimum absolute atomic E-state index is 0.0656. The Hall–Kier alpha value is -3.09. The summed E-state index contributed by atoms with van der Waals surface area (Å²) in [7, 11) is 0. The number of carbonyl (C=O) groups is 2. The number of ether oxygens (including phenoxy) is 2. The second kappa shape index (κ2) is 7.21. The van der Waals surface area contributed by atoms with Crippen molar-refractivity contribution in [1.29, 1.82) is 0 Å². The highest BCUT2D eigenvalue weighted by Gasteiger charge is 2.19. The van der Waals surface area contributed by atoms with Crippen molar-refractivity contribution in [3.8, 4) is 11.5 Å². The lowest BCUT2D eigenvalue weighted by atomic mass is 10.0. The number of rotatable bonds is 5. The van der Waals surface area contributed by atoms with Gasteiger partial charge in [0, 0.05) is 0 Å². The molecule has 3 rings (SSSR count). The Morgan fingerprint density at radius 1 is 1.16 bits per heavy atom. The average molecular weight is 342 g/mol. The number of carbonyl (C=O) groups excluding carboxylic acids is 1. The van der Waals surface area contributed by atoms with Crippen LogP contribution in [-0.2, 0) is 0 Å². The number of nitrogens with one attached hydrogen (secondary N) is 1. The van der Waals surface area contributed by atoms with Crippen LogP contribution < -0.4 is 14.8 Å². The monoisotopic (exact) mass is 342 g/mol. The zero-order chi connectivity index (χ0) is 17.8. The summed E-state index contributed by atoms with van der Waals surface area (Å²) in [5.74, 6) is -0.257. The van der Waals surface area contributed by atoms with E-state index in [9.17, 15) is 9.59 Å². The van der Waals surface area contributed by atoms with Gasteiger partial charge in [-0.2, -0.15) is 0 Å². The maximum atomic E-state index is 12.4. The molecule has 0 saturated carbocycles. The first-order valence-corrected chi connectivity index (χ1v) is 7.99. The van der Waals surface area contributed by atoms with Crippen molar-refractivity contribution in [2.45, 2.75) is 19.4 Å². The molecule has 0 fully saturated rings. The van der Waals surface area contributed by atoms with E-state index in [-0.39, 0.29) is 17.4 Å². The number of carboxylic acids is 1. The van der Waals surface area contributed by atoms with E-state index < -0.39 is 11.9 Å². The largest absolute Gasteiger partial charge is 0.486 e. The molecule has 0 spiro atoms. The van der Waals surface area contributed by atoms with Crippen LogP contribution in [0.4, 0.5) is 0 Å². The van der Waals surface area contributed by atoms with E-state index in [1.54, 1.807) is 0 Å². The number of amides is 1. The van der Waals surface area contributed by atoms with Gasteiger partial charge in [0.1, 0.15) is 24.6 Å². The molecule has 1 aromatic heterocycles. The minimum Gasteiger partial charge on any atom is -0.486 e. The molecule has 2 heterocycles. The Balaban J connectivity index is 1.79. The highest BCUT2D eigenvalue weighted by molar-refractivity contribution is 5.94. The van der Waals surface area contributed by atoms with Gasteiger partial charge in [-0.1, -0.05) is 19.1 Å². The standard InChI is InChI=1S/C18H18N2O5/c1-2-12(11-6-7-15-16(10-11)25-9-8-24-15)20-17(21)13-4-3-5-14(19-13)18(22)23/h3-7,10,12H,2,8-9H2,1H3,(H,20,21)(H,22,23)/t12-/m0/s1. The summed E-state index contributed by atoms with van der Waals surface area (Å²) in [4.78, 5) is 27.3. The third-order valence-corrected chi connectivity index (χ3v) is 3.88. The predicted molar refractivity (Wildman–Crippen MR) is 89.1 cm³/mol.